The number of aliphatic carboxylic acids is 1. The SMILES string of the molecule is O=C(O)CCC(=O)N[C@@H](CCC(=O)Cl)C(=O)Cl. The van der Waals surface area contributed by atoms with Crippen molar-refractivity contribution in [2.24, 2.45) is 0 Å². The van der Waals surface area contributed by atoms with Gasteiger partial charge in [-0.2, -0.15) is 0 Å². The van der Waals surface area contributed by atoms with E-state index in [-0.39, 0.29) is 25.7 Å². The van der Waals surface area contributed by atoms with Crippen molar-refractivity contribution in [3.8, 4) is 0 Å². The second kappa shape index (κ2) is 8.03. The molecule has 0 rings (SSSR count). The smallest absolute Gasteiger partial charge is 0.303 e. The Balaban J connectivity index is 4.15. The molecule has 17 heavy (non-hydrogen) atoms. The summed E-state index contributed by atoms with van der Waals surface area (Å²) in [7, 11) is 0. The summed E-state index contributed by atoms with van der Waals surface area (Å²) in [5, 5.41) is 9.11. The molecule has 0 aliphatic heterocycles. The van der Waals surface area contributed by atoms with Gasteiger partial charge in [-0.15, -0.1) is 0 Å². The summed E-state index contributed by atoms with van der Waals surface area (Å²) < 4.78 is 0. The van der Waals surface area contributed by atoms with Crippen LogP contribution in [0.1, 0.15) is 25.7 Å². The van der Waals surface area contributed by atoms with Gasteiger partial charge in [0.25, 0.3) is 0 Å². The first-order valence-electron chi connectivity index (χ1n) is 4.71. The third-order valence-electron chi connectivity index (χ3n) is 1.80. The van der Waals surface area contributed by atoms with Gasteiger partial charge in [0.15, 0.2) is 0 Å². The molecule has 0 saturated carbocycles. The molecule has 1 atom stereocenters. The standard InChI is InChI=1S/C9H11Cl2NO5/c10-6(13)2-1-5(9(11)17)12-7(14)3-4-8(15)16/h5H,1-4H2,(H,12,14)(H,15,16)/t5-/m0/s1. The van der Waals surface area contributed by atoms with Gasteiger partial charge in [0.1, 0.15) is 6.04 Å². The van der Waals surface area contributed by atoms with Crippen molar-refractivity contribution in [2.75, 3.05) is 0 Å². The molecular formula is C9H11Cl2NO5. The van der Waals surface area contributed by atoms with Crippen LogP contribution in [0.2, 0.25) is 0 Å². The van der Waals surface area contributed by atoms with Crippen LogP contribution in [-0.2, 0) is 19.2 Å². The summed E-state index contributed by atoms with van der Waals surface area (Å²) in [6.07, 6.45) is -0.721. The molecule has 0 radical (unpaired) electrons. The number of hydrogen-bond acceptors (Lipinski definition) is 4. The largest absolute Gasteiger partial charge is 0.481 e. The maximum absolute atomic E-state index is 11.2. The van der Waals surface area contributed by atoms with Gasteiger partial charge in [0.2, 0.25) is 16.4 Å². The summed E-state index contributed by atoms with van der Waals surface area (Å²) in [5.74, 6) is -1.74. The van der Waals surface area contributed by atoms with Crippen LogP contribution >= 0.6 is 23.2 Å². The number of carboxylic acid groups (broad SMARTS) is 1. The molecular weight excluding hydrogens is 273 g/mol. The highest BCUT2D eigenvalue weighted by Gasteiger charge is 2.19. The number of carbonyl (C=O) groups excluding carboxylic acids is 3. The van der Waals surface area contributed by atoms with Crippen molar-refractivity contribution in [1.82, 2.24) is 5.32 Å². The minimum Gasteiger partial charge on any atom is -0.481 e. The van der Waals surface area contributed by atoms with E-state index in [1.54, 1.807) is 0 Å². The minimum absolute atomic E-state index is 0.0104. The van der Waals surface area contributed by atoms with Crippen LogP contribution in [0.25, 0.3) is 0 Å². The predicted molar refractivity (Wildman–Crippen MR) is 59.8 cm³/mol. The quantitative estimate of drug-likeness (QED) is 0.637. The predicted octanol–water partition coefficient (Wildman–Crippen LogP) is 0.647. The van der Waals surface area contributed by atoms with E-state index in [4.69, 9.17) is 28.3 Å². The van der Waals surface area contributed by atoms with Crippen molar-refractivity contribution in [3.05, 3.63) is 0 Å². The highest BCUT2D eigenvalue weighted by molar-refractivity contribution is 6.65. The van der Waals surface area contributed by atoms with Crippen LogP contribution in [0.3, 0.4) is 0 Å². The van der Waals surface area contributed by atoms with Gasteiger partial charge in [-0.25, -0.2) is 0 Å². The van der Waals surface area contributed by atoms with Crippen molar-refractivity contribution < 1.29 is 24.3 Å². The fourth-order valence-corrected chi connectivity index (χ4v) is 1.26. The minimum atomic E-state index is -1.12. The molecule has 0 aliphatic rings. The highest BCUT2D eigenvalue weighted by atomic mass is 35.5. The van der Waals surface area contributed by atoms with Crippen LogP contribution in [0.5, 0.6) is 0 Å². The lowest BCUT2D eigenvalue weighted by Crippen LogP contribution is -2.39. The molecule has 2 N–H and O–H groups in total. The van der Waals surface area contributed by atoms with Crippen LogP contribution < -0.4 is 5.32 Å². The van der Waals surface area contributed by atoms with Crippen molar-refractivity contribution in [3.63, 3.8) is 0 Å². The number of carbonyl (C=O) groups is 4. The van der Waals surface area contributed by atoms with E-state index in [0.29, 0.717) is 0 Å². The average Bonchev–Trinajstić information content (AvgIpc) is 2.20. The summed E-state index contributed by atoms with van der Waals surface area (Å²) in [5.41, 5.74) is 0. The van der Waals surface area contributed by atoms with Gasteiger partial charge in [-0.05, 0) is 29.6 Å². The molecule has 1 amide bonds. The fraction of sp³-hybridized carbons (Fsp3) is 0.556. The molecule has 0 aliphatic carbocycles. The number of amides is 1. The van der Waals surface area contributed by atoms with Gasteiger partial charge >= 0.3 is 5.97 Å². The van der Waals surface area contributed by atoms with Crippen LogP contribution in [0.15, 0.2) is 0 Å². The number of rotatable bonds is 8. The Hall–Kier alpha value is -1.14. The van der Waals surface area contributed by atoms with Crippen molar-refractivity contribution in [2.45, 2.75) is 31.7 Å². The molecule has 0 aromatic rings. The highest BCUT2D eigenvalue weighted by Crippen LogP contribution is 2.05. The molecule has 0 aromatic heterocycles. The van der Waals surface area contributed by atoms with E-state index in [1.807, 2.05) is 0 Å². The zero-order chi connectivity index (χ0) is 13.4. The Labute approximate surface area is 107 Å². The second-order valence-corrected chi connectivity index (χ2v) is 4.01. The van der Waals surface area contributed by atoms with Crippen LogP contribution in [-0.4, -0.2) is 33.5 Å². The van der Waals surface area contributed by atoms with E-state index in [9.17, 15) is 19.2 Å². The van der Waals surface area contributed by atoms with E-state index >= 15 is 0 Å². The Morgan fingerprint density at radius 2 is 1.65 bits per heavy atom. The molecule has 0 saturated heterocycles. The van der Waals surface area contributed by atoms with Gasteiger partial charge in [-0.3, -0.25) is 19.2 Å². The summed E-state index contributed by atoms with van der Waals surface area (Å²) in [4.78, 5) is 42.8. The topological polar surface area (TPSA) is 101 Å². The Morgan fingerprint density at radius 1 is 1.06 bits per heavy atom. The molecule has 0 spiro atoms. The zero-order valence-electron chi connectivity index (χ0n) is 8.74. The van der Waals surface area contributed by atoms with Crippen LogP contribution in [0.4, 0.5) is 0 Å². The maximum atomic E-state index is 11.2. The molecule has 0 heterocycles. The number of carboxylic acids is 1. The van der Waals surface area contributed by atoms with Gasteiger partial charge in [0, 0.05) is 12.8 Å². The molecule has 0 aromatic carbocycles. The first kappa shape index (κ1) is 15.9. The van der Waals surface area contributed by atoms with Crippen molar-refractivity contribution >= 4 is 45.6 Å². The van der Waals surface area contributed by atoms with E-state index in [2.05, 4.69) is 5.32 Å². The lowest BCUT2D eigenvalue weighted by Gasteiger charge is -2.13. The Kier molecular flexibility index (Phi) is 7.49. The lowest BCUT2D eigenvalue weighted by molar-refractivity contribution is -0.139. The molecule has 6 nitrogen and oxygen atoms in total. The molecule has 0 bridgehead atoms. The van der Waals surface area contributed by atoms with Gasteiger partial charge in [0.05, 0.1) is 6.42 Å². The first-order chi connectivity index (χ1) is 7.82. The van der Waals surface area contributed by atoms with Gasteiger partial charge < -0.3 is 10.4 Å². The lowest BCUT2D eigenvalue weighted by atomic mass is 10.1. The van der Waals surface area contributed by atoms with Crippen LogP contribution in [0, 0.1) is 0 Å². The summed E-state index contributed by atoms with van der Waals surface area (Å²) >= 11 is 10.3. The van der Waals surface area contributed by atoms with E-state index in [1.165, 1.54) is 0 Å². The zero-order valence-corrected chi connectivity index (χ0v) is 10.3. The maximum Gasteiger partial charge on any atom is 0.303 e. The van der Waals surface area contributed by atoms with E-state index < -0.39 is 28.4 Å². The van der Waals surface area contributed by atoms with Crippen molar-refractivity contribution in [1.29, 1.82) is 0 Å². The molecule has 0 unspecified atom stereocenters. The first-order valence-corrected chi connectivity index (χ1v) is 5.47. The average molecular weight is 284 g/mol. The normalized spacial score (nSPS) is 11.6. The van der Waals surface area contributed by atoms with E-state index in [0.717, 1.165) is 0 Å². The van der Waals surface area contributed by atoms with Gasteiger partial charge in [-0.1, -0.05) is 0 Å². The third kappa shape index (κ3) is 8.65. The second-order valence-electron chi connectivity index (χ2n) is 3.21. The Bertz CT molecular complexity index is 331. The summed E-state index contributed by atoms with van der Waals surface area (Å²) in [6, 6.07) is -1.03. The molecule has 96 valence electrons. The number of nitrogens with one attached hydrogen (secondary N) is 1. The fourth-order valence-electron chi connectivity index (χ4n) is 0.987. The number of hydrogen-bond donors (Lipinski definition) is 2. The third-order valence-corrected chi connectivity index (χ3v) is 2.26. The molecule has 0 fully saturated rings. The Morgan fingerprint density at radius 3 is 2.06 bits per heavy atom. The number of halogens is 2. The molecule has 8 heteroatoms. The monoisotopic (exact) mass is 283 g/mol. The summed E-state index contributed by atoms with van der Waals surface area (Å²) in [6.45, 7) is 0.